The molecule has 2 aromatic carbocycles. The van der Waals surface area contributed by atoms with Gasteiger partial charge >= 0.3 is 0 Å². The molecule has 1 aliphatic rings. The summed E-state index contributed by atoms with van der Waals surface area (Å²) in [5.41, 5.74) is 3.51. The van der Waals surface area contributed by atoms with Gasteiger partial charge in [0.15, 0.2) is 0 Å². The van der Waals surface area contributed by atoms with Crippen molar-refractivity contribution >= 4 is 23.2 Å². The lowest BCUT2D eigenvalue weighted by Crippen LogP contribution is -2.26. The normalized spacial score (nSPS) is 15.6. The summed E-state index contributed by atoms with van der Waals surface area (Å²) in [4.78, 5) is 0. The molecule has 29 heavy (non-hydrogen) atoms. The number of hydrogen-bond donors (Lipinski definition) is 0. The summed E-state index contributed by atoms with van der Waals surface area (Å²) in [5, 5.41) is 1.52. The topological polar surface area (TPSA) is 0 Å². The van der Waals surface area contributed by atoms with Crippen LogP contribution in [0.5, 0.6) is 0 Å². The van der Waals surface area contributed by atoms with Gasteiger partial charge in [-0.1, -0.05) is 87.9 Å². The maximum atomic E-state index is 6.73. The zero-order chi connectivity index (χ0) is 21.2. The third kappa shape index (κ3) is 4.84. The maximum Gasteiger partial charge on any atom is 0.0565 e. The van der Waals surface area contributed by atoms with Crippen LogP contribution in [0.3, 0.4) is 0 Å². The molecule has 2 aromatic rings. The predicted molar refractivity (Wildman–Crippen MR) is 127 cm³/mol. The molecule has 0 N–H and O–H groups in total. The van der Waals surface area contributed by atoms with Crippen molar-refractivity contribution in [2.24, 2.45) is 17.3 Å². The van der Waals surface area contributed by atoms with Crippen LogP contribution in [0.1, 0.15) is 77.0 Å². The summed E-state index contributed by atoms with van der Waals surface area (Å²) in [6.07, 6.45) is 4.58. The minimum atomic E-state index is -0.0948. The number of benzene rings is 2. The van der Waals surface area contributed by atoms with E-state index in [-0.39, 0.29) is 10.8 Å². The van der Waals surface area contributed by atoms with Crippen LogP contribution in [-0.4, -0.2) is 0 Å². The average Bonchev–Trinajstić information content (AvgIpc) is 3.49. The van der Waals surface area contributed by atoms with E-state index in [4.69, 9.17) is 23.2 Å². The highest BCUT2D eigenvalue weighted by Gasteiger charge is 2.37. The second kappa shape index (κ2) is 8.75. The van der Waals surface area contributed by atoms with Crippen LogP contribution in [0.25, 0.3) is 0 Å². The second-order valence-corrected chi connectivity index (χ2v) is 10.3. The quantitative estimate of drug-likeness (QED) is 0.420. The number of halogens is 2. The van der Waals surface area contributed by atoms with Gasteiger partial charge in [-0.15, -0.1) is 0 Å². The highest BCUT2D eigenvalue weighted by Crippen LogP contribution is 2.45. The van der Waals surface area contributed by atoms with Crippen molar-refractivity contribution in [3.8, 4) is 11.8 Å². The van der Waals surface area contributed by atoms with Gasteiger partial charge in [0.05, 0.1) is 5.02 Å². The van der Waals surface area contributed by atoms with Crippen LogP contribution in [-0.2, 0) is 5.41 Å². The Morgan fingerprint density at radius 1 is 0.966 bits per heavy atom. The molecule has 0 saturated heterocycles. The maximum absolute atomic E-state index is 6.73. The van der Waals surface area contributed by atoms with Gasteiger partial charge in [0, 0.05) is 21.9 Å². The zero-order valence-electron chi connectivity index (χ0n) is 18.3. The van der Waals surface area contributed by atoms with Crippen LogP contribution in [0.2, 0.25) is 10.0 Å². The smallest absolute Gasteiger partial charge is 0.0565 e. The lowest BCUT2D eigenvalue weighted by atomic mass is 9.70. The molecular weight excluding hydrogens is 395 g/mol. The molecule has 0 aliphatic heterocycles. The average molecular weight is 427 g/mol. The molecule has 0 bridgehead atoms. The van der Waals surface area contributed by atoms with Gasteiger partial charge in [0.2, 0.25) is 0 Å². The van der Waals surface area contributed by atoms with Crippen LogP contribution in [0.15, 0.2) is 42.5 Å². The van der Waals surface area contributed by atoms with Gasteiger partial charge < -0.3 is 0 Å². The summed E-state index contributed by atoms with van der Waals surface area (Å²) in [6.45, 7) is 11.3. The van der Waals surface area contributed by atoms with Gasteiger partial charge in [0.25, 0.3) is 0 Å². The molecule has 0 aromatic heterocycles. The van der Waals surface area contributed by atoms with Crippen molar-refractivity contribution in [2.75, 3.05) is 0 Å². The molecule has 0 nitrogen and oxygen atoms in total. The largest absolute Gasteiger partial charge is 0.0936 e. The van der Waals surface area contributed by atoms with E-state index in [1.165, 1.54) is 24.0 Å². The van der Waals surface area contributed by atoms with E-state index in [0.29, 0.717) is 5.92 Å². The number of rotatable bonds is 5. The first-order valence-corrected chi connectivity index (χ1v) is 11.5. The molecule has 0 spiro atoms. The molecule has 0 radical (unpaired) electrons. The summed E-state index contributed by atoms with van der Waals surface area (Å²) in [6, 6.07) is 14.6. The molecule has 154 valence electrons. The highest BCUT2D eigenvalue weighted by atomic mass is 35.5. The molecule has 2 heteroatoms. The Kier molecular flexibility index (Phi) is 6.72. The zero-order valence-corrected chi connectivity index (χ0v) is 19.8. The first-order chi connectivity index (χ1) is 13.7. The predicted octanol–water partition coefficient (Wildman–Crippen LogP) is 8.52. The Morgan fingerprint density at radius 3 is 2.14 bits per heavy atom. The van der Waals surface area contributed by atoms with E-state index >= 15 is 0 Å². The monoisotopic (exact) mass is 426 g/mol. The minimum Gasteiger partial charge on any atom is -0.0936 e. The molecule has 1 fully saturated rings. The van der Waals surface area contributed by atoms with Crippen molar-refractivity contribution in [1.82, 2.24) is 0 Å². The summed E-state index contributed by atoms with van der Waals surface area (Å²) >= 11 is 13.0. The van der Waals surface area contributed by atoms with E-state index in [9.17, 15) is 0 Å². The van der Waals surface area contributed by atoms with Crippen LogP contribution >= 0.6 is 23.2 Å². The van der Waals surface area contributed by atoms with Crippen molar-refractivity contribution < 1.29 is 0 Å². The summed E-state index contributed by atoms with van der Waals surface area (Å²) in [5.74, 6) is 8.13. The summed E-state index contributed by atoms with van der Waals surface area (Å²) < 4.78 is 0. The van der Waals surface area contributed by atoms with Crippen molar-refractivity contribution in [3.05, 3.63) is 69.2 Å². The van der Waals surface area contributed by atoms with E-state index in [2.05, 4.69) is 76.8 Å². The molecular formula is C27H32Cl2. The first-order valence-electron chi connectivity index (χ1n) is 10.8. The molecule has 3 rings (SSSR count). The van der Waals surface area contributed by atoms with Crippen molar-refractivity contribution in [1.29, 1.82) is 0 Å². The van der Waals surface area contributed by atoms with Gasteiger partial charge in [-0.05, 0) is 72.4 Å². The highest BCUT2D eigenvalue weighted by molar-refractivity contribution is 6.32. The molecule has 1 saturated carbocycles. The lowest BCUT2D eigenvalue weighted by molar-refractivity contribution is 0.274. The fraction of sp³-hybridized carbons (Fsp3) is 0.481. The van der Waals surface area contributed by atoms with E-state index in [0.717, 1.165) is 34.4 Å². The van der Waals surface area contributed by atoms with Gasteiger partial charge in [0.1, 0.15) is 0 Å². The third-order valence-corrected chi connectivity index (χ3v) is 7.04. The SMILES string of the molecule is CCC(CC)(c1cccc(Cl)c1)c1ccc(C#CC(C2CC2)C(C)(C)C)c(Cl)c1. The molecule has 0 amide bonds. The fourth-order valence-corrected chi connectivity index (χ4v) is 4.98. The Hall–Kier alpha value is -1.42. The Labute approximate surface area is 187 Å². The van der Waals surface area contributed by atoms with Crippen LogP contribution in [0, 0.1) is 29.1 Å². The minimum absolute atomic E-state index is 0.0948. The van der Waals surface area contributed by atoms with Crippen molar-refractivity contribution in [3.63, 3.8) is 0 Å². The molecule has 1 unspecified atom stereocenters. The Balaban J connectivity index is 1.97. The van der Waals surface area contributed by atoms with E-state index < -0.39 is 0 Å². The summed E-state index contributed by atoms with van der Waals surface area (Å²) in [7, 11) is 0. The molecule has 0 heterocycles. The van der Waals surface area contributed by atoms with Gasteiger partial charge in [-0.3, -0.25) is 0 Å². The standard InChI is InChI=1S/C27H32Cl2/c1-6-27(7-2,21-9-8-10-23(28)17-21)22-15-13-20(25(29)18-22)14-16-24(19-11-12-19)26(3,4)5/h8-10,13,15,17-19,24H,6-7,11-12H2,1-5H3. The Bertz CT molecular complexity index is 916. The third-order valence-electron chi connectivity index (χ3n) is 6.49. The molecule has 1 atom stereocenters. The van der Waals surface area contributed by atoms with Crippen LogP contribution in [0.4, 0.5) is 0 Å². The number of hydrogen-bond acceptors (Lipinski definition) is 0. The molecule has 1 aliphatic carbocycles. The second-order valence-electron chi connectivity index (χ2n) is 9.44. The van der Waals surface area contributed by atoms with Crippen molar-refractivity contribution in [2.45, 2.75) is 65.7 Å². The van der Waals surface area contributed by atoms with E-state index in [1.807, 2.05) is 12.1 Å². The van der Waals surface area contributed by atoms with E-state index in [1.54, 1.807) is 0 Å². The van der Waals surface area contributed by atoms with Gasteiger partial charge in [-0.25, -0.2) is 0 Å². The lowest BCUT2D eigenvalue weighted by Gasteiger charge is -2.33. The Morgan fingerprint density at radius 2 is 1.62 bits per heavy atom. The van der Waals surface area contributed by atoms with Gasteiger partial charge in [-0.2, -0.15) is 0 Å². The first kappa shape index (κ1) is 22.3. The van der Waals surface area contributed by atoms with Crippen LogP contribution < -0.4 is 0 Å². The fourth-order valence-electron chi connectivity index (χ4n) is 4.56.